The van der Waals surface area contributed by atoms with E-state index in [9.17, 15) is 19.8 Å². The Morgan fingerprint density at radius 3 is 1.34 bits per heavy atom. The second kappa shape index (κ2) is 49.8. The van der Waals surface area contributed by atoms with Crippen LogP contribution in [-0.2, 0) is 14.3 Å². The molecule has 0 bridgehead atoms. The Balaban J connectivity index is 4.59. The van der Waals surface area contributed by atoms with Crippen LogP contribution in [-0.4, -0.2) is 46.9 Å². The predicted octanol–water partition coefficient (Wildman–Crippen LogP) is 16.2. The molecule has 3 atom stereocenters. The molecule has 3 unspecified atom stereocenters. The van der Waals surface area contributed by atoms with E-state index in [-0.39, 0.29) is 24.9 Å². The summed E-state index contributed by atoms with van der Waals surface area (Å²) in [5.74, 6) is -0.486. The van der Waals surface area contributed by atoms with E-state index in [0.717, 1.165) is 83.5 Å². The Hall–Kier alpha value is -2.18. The highest BCUT2D eigenvalue weighted by molar-refractivity contribution is 5.77. The lowest BCUT2D eigenvalue weighted by Gasteiger charge is -2.24. The zero-order valence-corrected chi connectivity index (χ0v) is 41.3. The fourth-order valence-corrected chi connectivity index (χ4v) is 8.09. The van der Waals surface area contributed by atoms with Crippen molar-refractivity contribution >= 4 is 11.9 Å². The van der Waals surface area contributed by atoms with Gasteiger partial charge in [-0.15, -0.1) is 0 Å². The van der Waals surface area contributed by atoms with Crippen molar-refractivity contribution in [2.24, 2.45) is 0 Å². The van der Waals surface area contributed by atoms with Crippen LogP contribution in [0.25, 0.3) is 0 Å². The van der Waals surface area contributed by atoms with Crippen LogP contribution >= 0.6 is 0 Å². The number of unbranched alkanes of at least 4 members (excludes halogenated alkanes) is 28. The lowest BCUT2D eigenvalue weighted by atomic mass is 10.0. The smallest absolute Gasteiger partial charge is 0.306 e. The first-order chi connectivity index (χ1) is 30.5. The van der Waals surface area contributed by atoms with E-state index in [1.807, 2.05) is 0 Å². The molecule has 62 heavy (non-hydrogen) atoms. The number of aliphatic hydroxyl groups is 2. The number of amides is 1. The zero-order chi connectivity index (χ0) is 45.2. The van der Waals surface area contributed by atoms with Crippen LogP contribution in [0, 0.1) is 0 Å². The van der Waals surface area contributed by atoms with Gasteiger partial charge in [-0.2, -0.15) is 0 Å². The molecule has 0 aliphatic rings. The summed E-state index contributed by atoms with van der Waals surface area (Å²) in [6.45, 7) is 6.37. The summed E-state index contributed by atoms with van der Waals surface area (Å²) in [5, 5.41) is 23.7. The largest absolute Gasteiger partial charge is 0.462 e. The van der Waals surface area contributed by atoms with Crippen LogP contribution in [0.3, 0.4) is 0 Å². The first-order valence-electron chi connectivity index (χ1n) is 26.9. The normalized spacial score (nSPS) is 13.6. The number of ether oxygens (including phenoxy) is 1. The van der Waals surface area contributed by atoms with E-state index in [1.165, 1.54) is 141 Å². The second-order valence-corrected chi connectivity index (χ2v) is 18.2. The Kier molecular flexibility index (Phi) is 48.1. The fraction of sp³-hybridized carbons (Fsp3) is 0.821. The average molecular weight is 870 g/mol. The van der Waals surface area contributed by atoms with Crippen molar-refractivity contribution in [3.05, 3.63) is 48.6 Å². The molecule has 1 amide bonds. The number of hydrogen-bond donors (Lipinski definition) is 3. The van der Waals surface area contributed by atoms with Gasteiger partial charge >= 0.3 is 5.97 Å². The van der Waals surface area contributed by atoms with Crippen molar-refractivity contribution in [3.63, 3.8) is 0 Å². The molecule has 0 aromatic heterocycles. The number of esters is 1. The van der Waals surface area contributed by atoms with Gasteiger partial charge in [-0.25, -0.2) is 0 Å². The van der Waals surface area contributed by atoms with E-state index in [2.05, 4.69) is 74.7 Å². The number of hydrogen-bond acceptors (Lipinski definition) is 5. The molecule has 0 rings (SSSR count). The lowest BCUT2D eigenvalue weighted by Crippen LogP contribution is -2.46. The summed E-state index contributed by atoms with van der Waals surface area (Å²) in [7, 11) is 0. The molecule has 0 aromatic carbocycles. The summed E-state index contributed by atoms with van der Waals surface area (Å²) in [6.07, 6.45) is 60.3. The van der Waals surface area contributed by atoms with Crippen molar-refractivity contribution in [1.82, 2.24) is 5.32 Å². The number of aliphatic hydroxyl groups excluding tert-OH is 2. The summed E-state index contributed by atoms with van der Waals surface area (Å²) in [6, 6.07) is -0.704. The number of rotatable bonds is 48. The van der Waals surface area contributed by atoms with Gasteiger partial charge in [0, 0.05) is 6.42 Å². The van der Waals surface area contributed by atoms with Gasteiger partial charge in [0.15, 0.2) is 0 Å². The van der Waals surface area contributed by atoms with Crippen LogP contribution < -0.4 is 5.32 Å². The molecule has 0 saturated carbocycles. The highest BCUT2D eigenvalue weighted by atomic mass is 16.5. The Morgan fingerprint density at radius 1 is 0.484 bits per heavy atom. The molecule has 0 aromatic rings. The van der Waals surface area contributed by atoms with Crippen LogP contribution in [0.15, 0.2) is 48.6 Å². The van der Waals surface area contributed by atoms with E-state index in [1.54, 1.807) is 0 Å². The van der Waals surface area contributed by atoms with Crippen molar-refractivity contribution in [2.45, 2.75) is 289 Å². The molecule has 0 heterocycles. The molecule has 0 radical (unpaired) electrons. The maximum absolute atomic E-state index is 13.2. The standard InChI is InChI=1S/C56H103NO5/c1-4-7-10-13-16-19-22-24-26-28-29-31-33-35-38-41-44-47-52(50-55(60)57-53(51-58)54(59)48-45-42-39-36-21-18-15-12-9-6-3)62-56(61)49-46-43-40-37-34-32-30-27-25-23-20-17-14-11-8-5-2/h8,11,17,20,24-27,52-54,58-59H,4-7,9-10,12-16,18-19,21-23,28-51H2,1-3H3,(H,57,60)/b11-8+,20-17+,26-24+,27-25+. The fourth-order valence-electron chi connectivity index (χ4n) is 8.09. The number of carbonyl (C=O) groups excluding carboxylic acids is 2. The van der Waals surface area contributed by atoms with Gasteiger partial charge in [0.05, 0.1) is 25.2 Å². The van der Waals surface area contributed by atoms with Crippen LogP contribution in [0.5, 0.6) is 0 Å². The van der Waals surface area contributed by atoms with Gasteiger partial charge in [0.1, 0.15) is 6.10 Å². The van der Waals surface area contributed by atoms with Gasteiger partial charge < -0.3 is 20.3 Å². The Morgan fingerprint density at radius 2 is 0.871 bits per heavy atom. The minimum atomic E-state index is -0.790. The molecule has 0 spiro atoms. The molecule has 0 aliphatic heterocycles. The SMILES string of the molecule is CC/C=C/C/C=C/C/C=C/CCCCCCCCC(=O)OC(CCCCCCCCC/C=C/CCCCCCCC)CC(=O)NC(CO)C(O)CCCCCCCCCCCC. The molecule has 0 saturated heterocycles. The third kappa shape index (κ3) is 44.4. The van der Waals surface area contributed by atoms with E-state index in [0.29, 0.717) is 19.3 Å². The van der Waals surface area contributed by atoms with Gasteiger partial charge in [-0.05, 0) is 83.5 Å². The van der Waals surface area contributed by atoms with Crippen LogP contribution in [0.1, 0.15) is 271 Å². The number of allylic oxidation sites excluding steroid dienone is 8. The summed E-state index contributed by atoms with van der Waals surface area (Å²) >= 11 is 0. The van der Waals surface area contributed by atoms with E-state index in [4.69, 9.17) is 4.74 Å². The average Bonchev–Trinajstić information content (AvgIpc) is 3.26. The first-order valence-corrected chi connectivity index (χ1v) is 26.9. The first kappa shape index (κ1) is 59.8. The maximum Gasteiger partial charge on any atom is 0.306 e. The number of carbonyl (C=O) groups is 2. The molecule has 0 fully saturated rings. The zero-order valence-electron chi connectivity index (χ0n) is 41.3. The minimum absolute atomic E-state index is 0.0701. The van der Waals surface area contributed by atoms with Crippen molar-refractivity contribution in [1.29, 1.82) is 0 Å². The topological polar surface area (TPSA) is 95.9 Å². The van der Waals surface area contributed by atoms with Crippen LogP contribution in [0.2, 0.25) is 0 Å². The molecule has 362 valence electrons. The summed E-state index contributed by atoms with van der Waals surface area (Å²) < 4.78 is 5.94. The third-order valence-corrected chi connectivity index (χ3v) is 12.1. The van der Waals surface area contributed by atoms with Gasteiger partial charge in [0.2, 0.25) is 5.91 Å². The molecular formula is C56H103NO5. The molecule has 0 aliphatic carbocycles. The van der Waals surface area contributed by atoms with Gasteiger partial charge in [-0.3, -0.25) is 9.59 Å². The molecular weight excluding hydrogens is 767 g/mol. The summed E-state index contributed by atoms with van der Waals surface area (Å²) in [5.41, 5.74) is 0. The quantitative estimate of drug-likeness (QED) is 0.0322. The van der Waals surface area contributed by atoms with Gasteiger partial charge in [0.25, 0.3) is 0 Å². The Labute approximate surface area is 385 Å². The third-order valence-electron chi connectivity index (χ3n) is 12.1. The highest BCUT2D eigenvalue weighted by Crippen LogP contribution is 2.18. The predicted molar refractivity (Wildman–Crippen MR) is 269 cm³/mol. The van der Waals surface area contributed by atoms with Gasteiger partial charge in [-0.1, -0.05) is 223 Å². The lowest BCUT2D eigenvalue weighted by molar-refractivity contribution is -0.151. The minimum Gasteiger partial charge on any atom is -0.462 e. The van der Waals surface area contributed by atoms with Crippen molar-refractivity contribution < 1.29 is 24.5 Å². The molecule has 6 heteroatoms. The van der Waals surface area contributed by atoms with Crippen molar-refractivity contribution in [2.75, 3.05) is 6.61 Å². The molecule has 6 nitrogen and oxygen atoms in total. The van der Waals surface area contributed by atoms with Crippen molar-refractivity contribution in [3.8, 4) is 0 Å². The van der Waals surface area contributed by atoms with E-state index >= 15 is 0 Å². The maximum atomic E-state index is 13.2. The highest BCUT2D eigenvalue weighted by Gasteiger charge is 2.24. The van der Waals surface area contributed by atoms with E-state index < -0.39 is 18.2 Å². The molecule has 3 N–H and O–H groups in total. The van der Waals surface area contributed by atoms with Crippen LogP contribution in [0.4, 0.5) is 0 Å². The second-order valence-electron chi connectivity index (χ2n) is 18.2. The number of nitrogens with one attached hydrogen (secondary N) is 1. The Bertz CT molecular complexity index is 1070. The summed E-state index contributed by atoms with van der Waals surface area (Å²) in [4.78, 5) is 26.2. The monoisotopic (exact) mass is 870 g/mol.